The first-order valence-electron chi connectivity index (χ1n) is 6.47. The number of hydrogen-bond acceptors (Lipinski definition) is 2. The maximum atomic E-state index is 2.32. The Morgan fingerprint density at radius 2 is 0.950 bits per heavy atom. The van der Waals surface area contributed by atoms with Crippen LogP contribution in [0.2, 0.25) is 0 Å². The molecule has 2 aromatic rings. The zero-order valence-electron chi connectivity index (χ0n) is 12.3. The molecule has 0 fully saturated rings. The Balaban J connectivity index is 2.17. The Labute approximate surface area is 138 Å². The van der Waals surface area contributed by atoms with Gasteiger partial charge in [-0.3, -0.25) is 0 Å². The molecule has 0 N–H and O–H groups in total. The molecule has 2 rings (SSSR count). The zero-order valence-corrected chi connectivity index (χ0v) is 17.0. The van der Waals surface area contributed by atoms with Crippen molar-refractivity contribution in [2.24, 2.45) is 0 Å². The molecule has 2 nitrogen and oxygen atoms in total. The molecule has 0 aliphatic rings. The van der Waals surface area contributed by atoms with E-state index in [1.807, 2.05) is 0 Å². The van der Waals surface area contributed by atoms with E-state index in [0.29, 0.717) is 0 Å². The van der Waals surface area contributed by atoms with Gasteiger partial charge in [-0.05, 0) is 0 Å². The summed E-state index contributed by atoms with van der Waals surface area (Å²) in [6.45, 7) is 0. The average Bonchev–Trinajstić information content (AvgIpc) is 2.45. The third kappa shape index (κ3) is 4.06. The van der Waals surface area contributed by atoms with E-state index < -0.39 is 0 Å². The van der Waals surface area contributed by atoms with Crippen molar-refractivity contribution in [1.82, 2.24) is 0 Å². The van der Waals surface area contributed by atoms with Crippen LogP contribution >= 0.6 is 0 Å². The summed E-state index contributed by atoms with van der Waals surface area (Å²) in [5, 5.41) is 0. The third-order valence-electron chi connectivity index (χ3n) is 2.92. The average molecular weight is 496 g/mol. The van der Waals surface area contributed by atoms with E-state index in [9.17, 15) is 0 Å². The fourth-order valence-electron chi connectivity index (χ4n) is 1.88. The third-order valence-corrected chi connectivity index (χ3v) is 14.6. The van der Waals surface area contributed by atoms with Crippen molar-refractivity contribution < 1.29 is 0 Å². The monoisotopic (exact) mass is 500 g/mol. The molecule has 0 unspecified atom stereocenters. The maximum absolute atomic E-state index is 2.32. The van der Waals surface area contributed by atoms with Crippen LogP contribution in [0.3, 0.4) is 0 Å². The minimum atomic E-state index is -0.0853. The molecule has 0 aliphatic carbocycles. The predicted molar refractivity (Wildman–Crippen MR) is 92.3 cm³/mol. The topological polar surface area (TPSA) is 6.48 Å². The van der Waals surface area contributed by atoms with Gasteiger partial charge in [0.2, 0.25) is 0 Å². The Kier molecular flexibility index (Phi) is 6.06. The van der Waals surface area contributed by atoms with Gasteiger partial charge in [0.25, 0.3) is 0 Å². The van der Waals surface area contributed by atoms with Crippen LogP contribution in [-0.2, 0) is 0 Å². The van der Waals surface area contributed by atoms with Crippen molar-refractivity contribution in [2.45, 2.75) is 0 Å². The summed E-state index contributed by atoms with van der Waals surface area (Å²) in [7, 11) is 8.56. The molecule has 0 aliphatic heterocycles. The molecule has 0 atom stereocenters. The van der Waals surface area contributed by atoms with Gasteiger partial charge in [-0.2, -0.15) is 0 Å². The standard InChI is InChI=1S/C16H20N2Te2/c1-17(2)13-9-5-7-11-15(13)19-20-16-12-8-6-10-14(16)18(3)4/h5-12H,1-4H3. The van der Waals surface area contributed by atoms with Gasteiger partial charge in [0, 0.05) is 0 Å². The second kappa shape index (κ2) is 7.58. The van der Waals surface area contributed by atoms with Gasteiger partial charge in [-0.25, -0.2) is 0 Å². The summed E-state index contributed by atoms with van der Waals surface area (Å²) in [5.41, 5.74) is 2.81. The second-order valence-corrected chi connectivity index (χ2v) is 14.7. The molecule has 0 heterocycles. The molecule has 2 aromatic carbocycles. The minimum absolute atomic E-state index is 0.0853. The molecule has 0 aromatic heterocycles. The van der Waals surface area contributed by atoms with E-state index in [4.69, 9.17) is 0 Å². The Hall–Kier alpha value is -0.381. The number of rotatable bonds is 5. The zero-order chi connectivity index (χ0) is 14.5. The number of benzene rings is 2. The van der Waals surface area contributed by atoms with Crippen molar-refractivity contribution in [2.75, 3.05) is 38.0 Å². The SMILES string of the molecule is CN(C)c1ccccc1[Te][Te]c1ccccc1N(C)C. The Bertz CT molecular complexity index is 516. The van der Waals surface area contributed by atoms with E-state index >= 15 is 0 Å². The molecule has 4 heteroatoms. The summed E-state index contributed by atoms with van der Waals surface area (Å²) in [6.07, 6.45) is 0. The van der Waals surface area contributed by atoms with Crippen molar-refractivity contribution >= 4 is 52.7 Å². The van der Waals surface area contributed by atoms with Gasteiger partial charge in [0.1, 0.15) is 0 Å². The first-order valence-corrected chi connectivity index (χ1v) is 16.1. The Morgan fingerprint density at radius 3 is 1.30 bits per heavy atom. The van der Waals surface area contributed by atoms with Crippen molar-refractivity contribution in [1.29, 1.82) is 0 Å². The normalized spacial score (nSPS) is 10.4. The quantitative estimate of drug-likeness (QED) is 0.574. The molecule has 0 saturated heterocycles. The molecule has 0 saturated carbocycles. The summed E-state index contributed by atoms with van der Waals surface area (Å²) in [6, 6.07) is 17.8. The number of hydrogen-bond donors (Lipinski definition) is 0. The van der Waals surface area contributed by atoms with Gasteiger partial charge in [0.15, 0.2) is 0 Å². The first kappa shape index (κ1) is 16.0. The van der Waals surface area contributed by atoms with E-state index in [0.717, 1.165) is 0 Å². The van der Waals surface area contributed by atoms with Crippen LogP contribution in [-0.4, -0.2) is 62.3 Å². The van der Waals surface area contributed by atoms with Crippen LogP contribution in [0.4, 0.5) is 11.4 Å². The van der Waals surface area contributed by atoms with E-state index in [2.05, 4.69) is 86.5 Å². The van der Waals surface area contributed by atoms with E-state index in [1.165, 1.54) is 11.4 Å². The summed E-state index contributed by atoms with van der Waals surface area (Å²) < 4.78 is 3.19. The van der Waals surface area contributed by atoms with Gasteiger partial charge in [-0.1, -0.05) is 0 Å². The number of anilines is 2. The van der Waals surface area contributed by atoms with Gasteiger partial charge in [0.05, 0.1) is 0 Å². The van der Waals surface area contributed by atoms with E-state index in [1.54, 1.807) is 7.22 Å². The summed E-state index contributed by atoms with van der Waals surface area (Å²) in [5.74, 6) is 0. The van der Waals surface area contributed by atoms with Crippen molar-refractivity contribution in [3.8, 4) is 0 Å². The van der Waals surface area contributed by atoms with E-state index in [-0.39, 0.29) is 34.1 Å². The fraction of sp³-hybridized carbons (Fsp3) is 0.250. The molecular weight excluding hydrogens is 475 g/mol. The second-order valence-electron chi connectivity index (χ2n) is 4.89. The van der Waals surface area contributed by atoms with Crippen LogP contribution in [0.15, 0.2) is 48.5 Å². The van der Waals surface area contributed by atoms with Gasteiger partial charge in [-0.15, -0.1) is 0 Å². The van der Waals surface area contributed by atoms with Crippen LogP contribution in [0.5, 0.6) is 0 Å². The molecular formula is C16H20N2Te2. The first-order chi connectivity index (χ1) is 9.59. The van der Waals surface area contributed by atoms with Crippen molar-refractivity contribution in [3.05, 3.63) is 48.5 Å². The Morgan fingerprint density at radius 1 is 0.600 bits per heavy atom. The molecule has 106 valence electrons. The molecule has 0 bridgehead atoms. The number of para-hydroxylation sites is 2. The molecule has 0 spiro atoms. The molecule has 0 radical (unpaired) electrons. The van der Waals surface area contributed by atoms with Crippen LogP contribution in [0.1, 0.15) is 0 Å². The molecule has 20 heavy (non-hydrogen) atoms. The van der Waals surface area contributed by atoms with Crippen LogP contribution in [0, 0.1) is 0 Å². The number of nitrogens with zero attached hydrogens (tertiary/aromatic N) is 2. The van der Waals surface area contributed by atoms with Crippen molar-refractivity contribution in [3.63, 3.8) is 0 Å². The van der Waals surface area contributed by atoms with Crippen LogP contribution < -0.4 is 17.0 Å². The van der Waals surface area contributed by atoms with Gasteiger partial charge < -0.3 is 0 Å². The molecule has 0 amide bonds. The predicted octanol–water partition coefficient (Wildman–Crippen LogP) is 1.09. The van der Waals surface area contributed by atoms with Gasteiger partial charge >= 0.3 is 139 Å². The fourth-order valence-corrected chi connectivity index (χ4v) is 13.9. The van der Waals surface area contributed by atoms with Crippen LogP contribution in [0.25, 0.3) is 0 Å². The summed E-state index contributed by atoms with van der Waals surface area (Å²) in [4.78, 5) is 4.48. The summed E-state index contributed by atoms with van der Waals surface area (Å²) >= 11 is -0.171.